The number of rotatable bonds is 3. The van der Waals surface area contributed by atoms with Crippen LogP contribution >= 0.6 is 11.8 Å². The molecule has 1 aliphatic rings. The van der Waals surface area contributed by atoms with Crippen LogP contribution in [0.5, 0.6) is 0 Å². The van der Waals surface area contributed by atoms with Crippen LogP contribution in [0.15, 0.2) is 55.0 Å². The summed E-state index contributed by atoms with van der Waals surface area (Å²) in [4.78, 5) is 32.0. The number of thioether (sulfide) groups is 1. The number of benzene rings is 1. The fraction of sp³-hybridized carbons (Fsp3) is 0.407. The molecule has 0 radical (unpaired) electrons. The highest BCUT2D eigenvalue weighted by atomic mass is 32.2. The van der Waals surface area contributed by atoms with Crippen LogP contribution in [0.25, 0.3) is 10.9 Å². The van der Waals surface area contributed by atoms with Gasteiger partial charge in [0.1, 0.15) is 11.2 Å². The van der Waals surface area contributed by atoms with Gasteiger partial charge in [0.25, 0.3) is 0 Å². The summed E-state index contributed by atoms with van der Waals surface area (Å²) in [7, 11) is 0. The van der Waals surface area contributed by atoms with Crippen molar-refractivity contribution >= 4 is 34.9 Å². The van der Waals surface area contributed by atoms with Gasteiger partial charge in [-0.25, -0.2) is 9.59 Å². The highest BCUT2D eigenvalue weighted by Gasteiger charge is 2.36. The van der Waals surface area contributed by atoms with E-state index in [-0.39, 0.29) is 0 Å². The van der Waals surface area contributed by atoms with Crippen LogP contribution in [0.1, 0.15) is 64.1 Å². The van der Waals surface area contributed by atoms with Crippen LogP contribution in [-0.2, 0) is 9.47 Å². The number of fused-ring (bicyclic) bond motifs is 1. The van der Waals surface area contributed by atoms with Crippen LogP contribution in [-0.4, -0.2) is 48.7 Å². The van der Waals surface area contributed by atoms with Crippen molar-refractivity contribution in [3.63, 3.8) is 0 Å². The first-order valence-corrected chi connectivity index (χ1v) is 12.8. The summed E-state index contributed by atoms with van der Waals surface area (Å²) in [6.45, 7) is 10.8. The predicted octanol–water partition coefficient (Wildman–Crippen LogP) is 6.07. The van der Waals surface area contributed by atoms with E-state index in [1.165, 1.54) is 21.2 Å². The van der Waals surface area contributed by atoms with Gasteiger partial charge in [0.15, 0.2) is 0 Å². The van der Waals surface area contributed by atoms with Gasteiger partial charge in [-0.15, -0.1) is 5.75 Å². The fourth-order valence-corrected chi connectivity index (χ4v) is 5.35. The molecule has 0 spiro atoms. The molecule has 3 heterocycles. The van der Waals surface area contributed by atoms with E-state index in [2.05, 4.69) is 4.98 Å². The highest BCUT2D eigenvalue weighted by molar-refractivity contribution is 7.99. The van der Waals surface area contributed by atoms with E-state index in [0.29, 0.717) is 28.3 Å². The number of pyridine rings is 1. The molecule has 2 aromatic heterocycles. The Balaban J connectivity index is 1.74. The number of para-hydroxylation sites is 1. The first-order valence-electron chi connectivity index (χ1n) is 11.8. The second-order valence-corrected chi connectivity index (χ2v) is 11.7. The van der Waals surface area contributed by atoms with Gasteiger partial charge in [-0.05, 0) is 65.3 Å². The maximum absolute atomic E-state index is 13.4. The number of ether oxygens (including phenoxy) is 2. The van der Waals surface area contributed by atoms with Crippen LogP contribution in [0, 0.1) is 6.04 Å². The summed E-state index contributed by atoms with van der Waals surface area (Å²) >= 11 is 1.50. The molecule has 0 aliphatic carbocycles. The Morgan fingerprint density at radius 1 is 1.06 bits per heavy atom. The summed E-state index contributed by atoms with van der Waals surface area (Å²) < 4.78 is 12.7. The molecule has 0 bridgehead atoms. The fourth-order valence-electron chi connectivity index (χ4n) is 4.03. The molecule has 1 aromatic carbocycles. The SMILES string of the molecule is CC(C)(C)OC(=O)N1[C-](C(O)c2cn(C(=O)OC(C)(C)C)c3ccccc23)CSC1c1cccnc1. The van der Waals surface area contributed by atoms with Gasteiger partial charge in [-0.3, -0.25) is 9.55 Å². The highest BCUT2D eigenvalue weighted by Crippen LogP contribution is 2.50. The first-order chi connectivity index (χ1) is 16.9. The van der Waals surface area contributed by atoms with E-state index >= 15 is 0 Å². The Morgan fingerprint density at radius 3 is 2.36 bits per heavy atom. The molecule has 1 fully saturated rings. The van der Waals surface area contributed by atoms with Gasteiger partial charge in [0.2, 0.25) is 0 Å². The Morgan fingerprint density at radius 2 is 1.72 bits per heavy atom. The number of carbonyl (C=O) groups excluding carboxylic acids is 2. The minimum atomic E-state index is -1.15. The Kier molecular flexibility index (Phi) is 7.07. The Hall–Kier alpha value is -3.04. The van der Waals surface area contributed by atoms with E-state index in [4.69, 9.17) is 9.47 Å². The lowest BCUT2D eigenvalue weighted by Gasteiger charge is -2.44. The number of hydrogen-bond donors (Lipinski definition) is 1. The van der Waals surface area contributed by atoms with Crippen molar-refractivity contribution in [1.82, 2.24) is 14.5 Å². The molecule has 1 saturated heterocycles. The normalized spacial score (nSPS) is 17.9. The second-order valence-electron chi connectivity index (χ2n) is 10.6. The van der Waals surface area contributed by atoms with Gasteiger partial charge >= 0.3 is 12.2 Å². The maximum atomic E-state index is 13.4. The molecule has 2 unspecified atom stereocenters. The minimum absolute atomic E-state index is 0.395. The van der Waals surface area contributed by atoms with Gasteiger partial charge < -0.3 is 19.5 Å². The van der Waals surface area contributed by atoms with Crippen LogP contribution < -0.4 is 0 Å². The van der Waals surface area contributed by atoms with E-state index < -0.39 is 34.9 Å². The third kappa shape index (κ3) is 5.52. The lowest BCUT2D eigenvalue weighted by atomic mass is 10.0. The van der Waals surface area contributed by atoms with Gasteiger partial charge in [0.05, 0.1) is 10.9 Å². The molecule has 36 heavy (non-hydrogen) atoms. The van der Waals surface area contributed by atoms with Crippen molar-refractivity contribution < 1.29 is 24.2 Å². The third-order valence-electron chi connectivity index (χ3n) is 5.44. The Bertz CT molecular complexity index is 1250. The van der Waals surface area contributed by atoms with Crippen molar-refractivity contribution in [2.75, 3.05) is 5.75 Å². The largest absolute Gasteiger partial charge is 0.445 e. The number of hydrogen-bond acceptors (Lipinski definition) is 7. The van der Waals surface area contributed by atoms with E-state index in [9.17, 15) is 14.7 Å². The number of carbonyl (C=O) groups is 2. The molecule has 0 saturated carbocycles. The monoisotopic (exact) mass is 510 g/mol. The maximum Gasteiger partial charge on any atom is 0.418 e. The molecular formula is C27H32N3O5S-. The van der Waals surface area contributed by atoms with Crippen LogP contribution in [0.4, 0.5) is 9.59 Å². The van der Waals surface area contributed by atoms with E-state index in [1.807, 2.05) is 30.3 Å². The van der Waals surface area contributed by atoms with Gasteiger partial charge in [-0.2, -0.15) is 17.8 Å². The molecule has 1 amide bonds. The number of aliphatic hydroxyl groups is 1. The van der Waals surface area contributed by atoms with Crippen LogP contribution in [0.2, 0.25) is 0 Å². The molecule has 192 valence electrons. The second kappa shape index (κ2) is 9.78. The lowest BCUT2D eigenvalue weighted by Crippen LogP contribution is -2.40. The quantitative estimate of drug-likeness (QED) is 0.428. The summed E-state index contributed by atoms with van der Waals surface area (Å²) in [6, 6.07) is 11.5. The minimum Gasteiger partial charge on any atom is -0.445 e. The summed E-state index contributed by atoms with van der Waals surface area (Å²) in [5, 5.41) is 11.9. The van der Waals surface area contributed by atoms with Crippen molar-refractivity contribution in [2.45, 2.75) is 64.2 Å². The number of aliphatic hydroxyl groups excluding tert-OH is 1. The zero-order valence-electron chi connectivity index (χ0n) is 21.4. The topological polar surface area (TPSA) is 93.9 Å². The molecular weight excluding hydrogens is 478 g/mol. The van der Waals surface area contributed by atoms with Crippen molar-refractivity contribution in [2.24, 2.45) is 0 Å². The van der Waals surface area contributed by atoms with Crippen molar-refractivity contribution in [3.05, 3.63) is 72.2 Å². The zero-order valence-corrected chi connectivity index (χ0v) is 22.2. The number of nitrogens with zero attached hydrogens (tertiary/aromatic N) is 3. The average molecular weight is 511 g/mol. The molecule has 1 aliphatic heterocycles. The van der Waals surface area contributed by atoms with Crippen molar-refractivity contribution in [3.8, 4) is 0 Å². The Labute approximate surface area is 215 Å². The van der Waals surface area contributed by atoms with E-state index in [0.717, 1.165) is 5.56 Å². The summed E-state index contributed by atoms with van der Waals surface area (Å²) in [6.07, 6.45) is 2.72. The molecule has 2 atom stereocenters. The smallest absolute Gasteiger partial charge is 0.418 e. The molecule has 8 nitrogen and oxygen atoms in total. The number of amides is 1. The molecule has 3 aromatic rings. The summed E-state index contributed by atoms with van der Waals surface area (Å²) in [5.41, 5.74) is 0.550. The predicted molar refractivity (Wildman–Crippen MR) is 139 cm³/mol. The molecule has 1 N–H and O–H groups in total. The summed E-state index contributed by atoms with van der Waals surface area (Å²) in [5.74, 6) is 0.395. The standard InChI is InChI=1S/C27H32N3O5S/c1-26(2,3)34-24(32)29-15-19(18-11-7-8-12-20(18)29)22(31)21-16-36-23(17-10-9-13-28-14-17)30(21)25(33)35-27(4,5)6/h7-15,22-23,31H,16H2,1-6H3/q-1. The molecule has 9 heteroatoms. The average Bonchev–Trinajstić information content (AvgIpc) is 3.40. The zero-order chi connectivity index (χ0) is 26.3. The molecule has 4 rings (SSSR count). The van der Waals surface area contributed by atoms with E-state index in [1.54, 1.807) is 66.2 Å². The number of aromatic nitrogens is 2. The third-order valence-corrected chi connectivity index (χ3v) is 6.70. The van der Waals surface area contributed by atoms with Crippen molar-refractivity contribution in [1.29, 1.82) is 0 Å². The first kappa shape index (κ1) is 26.0. The van der Waals surface area contributed by atoms with Crippen LogP contribution in [0.3, 0.4) is 0 Å². The lowest BCUT2D eigenvalue weighted by molar-refractivity contribution is 0.0166. The van der Waals surface area contributed by atoms with Gasteiger partial charge in [-0.1, -0.05) is 24.3 Å². The van der Waals surface area contributed by atoms with Gasteiger partial charge in [0, 0.05) is 29.5 Å².